The van der Waals surface area contributed by atoms with Gasteiger partial charge in [0.25, 0.3) is 5.19 Å². The topological polar surface area (TPSA) is 94.1 Å². The minimum atomic E-state index is -0.909. The molecule has 1 aliphatic rings. The van der Waals surface area contributed by atoms with Crippen LogP contribution >= 0.6 is 11.3 Å². The highest BCUT2D eigenvalue weighted by Crippen LogP contribution is 2.35. The van der Waals surface area contributed by atoms with Crippen LogP contribution in [0, 0.1) is 24.7 Å². The molecule has 0 N–H and O–H groups in total. The van der Waals surface area contributed by atoms with Crippen molar-refractivity contribution in [3.8, 4) is 29.9 Å². The van der Waals surface area contributed by atoms with E-state index in [0.717, 1.165) is 37.0 Å². The van der Waals surface area contributed by atoms with Crippen molar-refractivity contribution in [2.45, 2.75) is 90.3 Å². The van der Waals surface area contributed by atoms with Gasteiger partial charge in [-0.05, 0) is 37.0 Å². The van der Waals surface area contributed by atoms with E-state index < -0.39 is 24.0 Å². The third-order valence-electron chi connectivity index (χ3n) is 6.02. The predicted molar refractivity (Wildman–Crippen MR) is 135 cm³/mol. The number of ether oxygens (including phenoxy) is 3. The van der Waals surface area contributed by atoms with E-state index in [4.69, 9.17) is 27.1 Å². The van der Waals surface area contributed by atoms with Gasteiger partial charge >= 0.3 is 12.2 Å². The number of anilines is 1. The molecule has 0 saturated carbocycles. The van der Waals surface area contributed by atoms with Gasteiger partial charge in [0.05, 0.1) is 13.2 Å². The summed E-state index contributed by atoms with van der Waals surface area (Å²) in [6, 6.07) is -0.395. The number of hydrogen-bond acceptors (Lipinski definition) is 8. The first-order valence-electron chi connectivity index (χ1n) is 12.3. The van der Waals surface area contributed by atoms with E-state index in [1.807, 2.05) is 13.8 Å². The molecule has 1 aromatic rings. The average Bonchev–Trinajstić information content (AvgIpc) is 3.32. The van der Waals surface area contributed by atoms with Crippen molar-refractivity contribution in [1.82, 2.24) is 15.1 Å². The maximum absolute atomic E-state index is 13.7. The first-order valence-corrected chi connectivity index (χ1v) is 13.1. The van der Waals surface area contributed by atoms with Gasteiger partial charge in [-0.2, -0.15) is 0 Å². The van der Waals surface area contributed by atoms with E-state index >= 15 is 0 Å². The Bertz CT molecular complexity index is 902. The van der Waals surface area contributed by atoms with E-state index in [9.17, 15) is 9.59 Å². The smallest absolute Gasteiger partial charge is 0.469 e. The minimum Gasteiger partial charge on any atom is -0.469 e. The fraction of sp³-hybridized carbons (Fsp3) is 0.680. The van der Waals surface area contributed by atoms with Gasteiger partial charge in [0.1, 0.15) is 5.54 Å². The lowest BCUT2D eigenvalue weighted by Crippen LogP contribution is -2.62. The van der Waals surface area contributed by atoms with E-state index in [2.05, 4.69) is 29.0 Å². The number of nitrogens with zero attached hydrogens (tertiary/aromatic N) is 4. The minimum absolute atomic E-state index is 0.135. The van der Waals surface area contributed by atoms with E-state index in [0.29, 0.717) is 50.4 Å². The maximum atomic E-state index is 13.7. The molecular weight excluding hydrogens is 468 g/mol. The number of hydrogen-bond donors (Lipinski definition) is 0. The third-order valence-corrected chi connectivity index (χ3v) is 6.86. The van der Waals surface area contributed by atoms with Crippen LogP contribution in [0.25, 0.3) is 0 Å². The molecule has 2 heterocycles. The molecule has 1 aromatic heterocycles. The van der Waals surface area contributed by atoms with Gasteiger partial charge in [-0.1, -0.05) is 51.1 Å². The Hall–Kier alpha value is -2.98. The summed E-state index contributed by atoms with van der Waals surface area (Å²) in [5.74, 6) is 5.29. The van der Waals surface area contributed by atoms with Gasteiger partial charge < -0.3 is 19.1 Å². The van der Waals surface area contributed by atoms with Crippen LogP contribution in [0.15, 0.2) is 0 Å². The summed E-state index contributed by atoms with van der Waals surface area (Å²) in [6.07, 6.45) is 16.1. The van der Waals surface area contributed by atoms with Crippen LogP contribution in [0.2, 0.25) is 0 Å². The lowest BCUT2D eigenvalue weighted by atomic mass is 9.91. The second-order valence-electron chi connectivity index (χ2n) is 8.21. The molecule has 10 heteroatoms. The molecule has 35 heavy (non-hydrogen) atoms. The van der Waals surface area contributed by atoms with Crippen molar-refractivity contribution in [3.05, 3.63) is 0 Å². The third kappa shape index (κ3) is 7.50. The van der Waals surface area contributed by atoms with Crippen LogP contribution in [-0.2, 0) is 9.47 Å². The van der Waals surface area contributed by atoms with Gasteiger partial charge in [0.2, 0.25) is 5.13 Å². The molecule has 1 unspecified atom stereocenters. The molecule has 1 atom stereocenters. The molecule has 9 nitrogen and oxygen atoms in total. The highest BCUT2D eigenvalue weighted by Gasteiger charge is 2.46. The molecule has 2 amide bonds. The number of amides is 2. The Morgan fingerprint density at radius 2 is 1.91 bits per heavy atom. The van der Waals surface area contributed by atoms with Gasteiger partial charge in [0.15, 0.2) is 6.23 Å². The summed E-state index contributed by atoms with van der Waals surface area (Å²) in [5, 5.41) is 8.86. The Kier molecular flexibility index (Phi) is 11.6. The number of rotatable bonds is 14. The Balaban J connectivity index is 2.20. The normalized spacial score (nSPS) is 15.9. The quantitative estimate of drug-likeness (QED) is 0.195. The number of aromatic nitrogens is 2. The Labute approximate surface area is 212 Å². The standard InChI is InChI=1S/C25H36N4O5S/c1-6-11-13-15-18-32-22-27-26-21(35-22)29-20(34-24(31)33-19-14-12-7-2)16-17-28(23(29)30)25(8-3,9-4)10-5/h2-3,20H,6,9-19H2,1,4-5H3. The van der Waals surface area contributed by atoms with Crippen molar-refractivity contribution in [2.75, 3.05) is 24.7 Å². The number of urea groups is 1. The molecule has 1 saturated heterocycles. The van der Waals surface area contributed by atoms with Crippen LogP contribution in [-0.4, -0.2) is 58.8 Å². The van der Waals surface area contributed by atoms with Crippen LogP contribution in [0.3, 0.4) is 0 Å². The van der Waals surface area contributed by atoms with Gasteiger partial charge in [-0.15, -0.1) is 23.9 Å². The number of carbonyl (C=O) groups is 2. The van der Waals surface area contributed by atoms with Crippen LogP contribution in [0.1, 0.15) is 78.6 Å². The monoisotopic (exact) mass is 504 g/mol. The summed E-state index contributed by atoms with van der Waals surface area (Å²) in [5.41, 5.74) is -0.751. The SMILES string of the molecule is C#CCCCOC(=O)OC1CCN(C(C#C)(CC)CC)C(=O)N1c1nnc(OCCCCCC)s1. The zero-order valence-corrected chi connectivity index (χ0v) is 21.8. The van der Waals surface area contributed by atoms with Crippen molar-refractivity contribution in [2.24, 2.45) is 0 Å². The number of carbonyl (C=O) groups excluding carboxylic acids is 2. The molecule has 1 fully saturated rings. The Morgan fingerprint density at radius 1 is 1.14 bits per heavy atom. The summed E-state index contributed by atoms with van der Waals surface area (Å²) in [7, 11) is 0. The zero-order chi connectivity index (χ0) is 25.7. The second kappa shape index (κ2) is 14.4. The molecule has 0 bridgehead atoms. The number of unbranched alkanes of at least 4 members (excludes halogenated alkanes) is 4. The lowest BCUT2D eigenvalue weighted by molar-refractivity contribution is 0.00588. The molecule has 0 aromatic carbocycles. The average molecular weight is 505 g/mol. The predicted octanol–water partition coefficient (Wildman–Crippen LogP) is 5.21. The molecule has 1 aliphatic heterocycles. The van der Waals surface area contributed by atoms with Gasteiger partial charge in [-0.3, -0.25) is 0 Å². The van der Waals surface area contributed by atoms with Crippen molar-refractivity contribution in [1.29, 1.82) is 0 Å². The zero-order valence-electron chi connectivity index (χ0n) is 21.0. The van der Waals surface area contributed by atoms with Crippen LogP contribution in [0.4, 0.5) is 14.7 Å². The van der Waals surface area contributed by atoms with Crippen LogP contribution < -0.4 is 9.64 Å². The lowest BCUT2D eigenvalue weighted by Gasteiger charge is -2.46. The second-order valence-corrected chi connectivity index (χ2v) is 9.13. The highest BCUT2D eigenvalue weighted by atomic mass is 32.1. The summed E-state index contributed by atoms with van der Waals surface area (Å²) < 4.78 is 16.4. The number of terminal acetylenes is 2. The summed E-state index contributed by atoms with van der Waals surface area (Å²) in [6.45, 7) is 7.03. The Morgan fingerprint density at radius 3 is 2.57 bits per heavy atom. The van der Waals surface area contributed by atoms with E-state index in [1.54, 1.807) is 4.90 Å². The van der Waals surface area contributed by atoms with Crippen molar-refractivity contribution >= 4 is 28.7 Å². The van der Waals surface area contributed by atoms with E-state index in [-0.39, 0.29) is 11.7 Å². The van der Waals surface area contributed by atoms with Crippen LogP contribution in [0.5, 0.6) is 5.19 Å². The van der Waals surface area contributed by atoms with Gasteiger partial charge in [0, 0.05) is 19.4 Å². The fourth-order valence-electron chi connectivity index (χ4n) is 3.87. The molecular formula is C25H36N4O5S. The fourth-order valence-corrected chi connectivity index (χ4v) is 4.62. The molecule has 0 spiro atoms. The molecule has 0 aliphatic carbocycles. The van der Waals surface area contributed by atoms with Gasteiger partial charge in [-0.25, -0.2) is 14.5 Å². The highest BCUT2D eigenvalue weighted by molar-refractivity contribution is 7.17. The first-order chi connectivity index (χ1) is 17.0. The largest absolute Gasteiger partial charge is 0.510 e. The maximum Gasteiger partial charge on any atom is 0.510 e. The molecule has 2 rings (SSSR count). The summed E-state index contributed by atoms with van der Waals surface area (Å²) in [4.78, 5) is 29.0. The molecule has 0 radical (unpaired) electrons. The summed E-state index contributed by atoms with van der Waals surface area (Å²) >= 11 is 1.13. The van der Waals surface area contributed by atoms with Crippen molar-refractivity contribution < 1.29 is 23.8 Å². The molecule has 192 valence electrons. The van der Waals surface area contributed by atoms with E-state index in [1.165, 1.54) is 4.90 Å². The first kappa shape index (κ1) is 28.3. The van der Waals surface area contributed by atoms with Crippen molar-refractivity contribution in [3.63, 3.8) is 0 Å².